The second kappa shape index (κ2) is 10.8. The number of carbonyl (C=O) groups is 2. The van der Waals surface area contributed by atoms with Crippen LogP contribution in [-0.4, -0.2) is 36.4 Å². The van der Waals surface area contributed by atoms with Crippen LogP contribution in [0.4, 0.5) is 5.69 Å². The monoisotopic (exact) mass is 385 g/mol. The lowest BCUT2D eigenvalue weighted by atomic mass is 10.1. The Morgan fingerprint density at radius 3 is 2.57 bits per heavy atom. The van der Waals surface area contributed by atoms with Gasteiger partial charge < -0.3 is 15.4 Å². The zero-order valence-electron chi connectivity index (χ0n) is 15.6. The number of nitro groups is 1. The summed E-state index contributed by atoms with van der Waals surface area (Å²) in [6.45, 7) is 2.68. The summed E-state index contributed by atoms with van der Waals surface area (Å²) in [5.41, 5.74) is 1.04. The van der Waals surface area contributed by atoms with Crippen LogP contribution in [0.2, 0.25) is 0 Å². The number of rotatable bonds is 10. The second-order valence-electron chi connectivity index (χ2n) is 6.12. The molecule has 2 aromatic carbocycles. The fourth-order valence-electron chi connectivity index (χ4n) is 2.47. The first-order chi connectivity index (χ1) is 13.5. The first-order valence-electron chi connectivity index (χ1n) is 8.93. The van der Waals surface area contributed by atoms with Gasteiger partial charge in [-0.3, -0.25) is 19.7 Å². The number of carbonyl (C=O) groups excluding carboxylic acids is 2. The van der Waals surface area contributed by atoms with Crippen LogP contribution in [0.25, 0.3) is 0 Å². The molecule has 0 spiro atoms. The average Bonchev–Trinajstić information content (AvgIpc) is 2.72. The van der Waals surface area contributed by atoms with Gasteiger partial charge in [-0.15, -0.1) is 0 Å². The van der Waals surface area contributed by atoms with Crippen molar-refractivity contribution in [2.24, 2.45) is 0 Å². The maximum atomic E-state index is 12.0. The fraction of sp³-hybridized carbons (Fsp3) is 0.300. The van der Waals surface area contributed by atoms with Crippen molar-refractivity contribution in [3.63, 3.8) is 0 Å². The van der Waals surface area contributed by atoms with Gasteiger partial charge in [-0.2, -0.15) is 0 Å². The van der Waals surface area contributed by atoms with Gasteiger partial charge >= 0.3 is 0 Å². The molecular formula is C20H23N3O5. The molecule has 0 fully saturated rings. The predicted octanol–water partition coefficient (Wildman–Crippen LogP) is 2.61. The largest absolute Gasteiger partial charge is 0.374 e. The van der Waals surface area contributed by atoms with Crippen molar-refractivity contribution in [3.8, 4) is 0 Å². The summed E-state index contributed by atoms with van der Waals surface area (Å²) in [5, 5.41) is 15.9. The van der Waals surface area contributed by atoms with Crippen LogP contribution in [0, 0.1) is 10.1 Å². The highest BCUT2D eigenvalue weighted by molar-refractivity contribution is 5.96. The lowest BCUT2D eigenvalue weighted by molar-refractivity contribution is -0.384. The highest BCUT2D eigenvalue weighted by atomic mass is 16.6. The molecule has 0 aliphatic carbocycles. The molecule has 2 N–H and O–H groups in total. The molecule has 0 aliphatic heterocycles. The number of nitrogens with one attached hydrogen (secondary N) is 2. The Balaban J connectivity index is 1.63. The van der Waals surface area contributed by atoms with Gasteiger partial charge in [0.1, 0.15) is 0 Å². The summed E-state index contributed by atoms with van der Waals surface area (Å²) in [7, 11) is 0. The molecule has 1 unspecified atom stereocenters. The van der Waals surface area contributed by atoms with Crippen LogP contribution in [0.15, 0.2) is 54.6 Å². The maximum absolute atomic E-state index is 12.0. The minimum atomic E-state index is -0.579. The standard InChI is InChI=1S/C20H23N3O5/c1-15(16-7-3-2-4-8-16)28-12-6-11-21-19(24)14-22-20(25)17-9-5-10-18(13-17)23(26)27/h2-5,7-10,13,15H,6,11-12,14H2,1H3,(H,21,24)(H,22,25). The van der Waals surface area contributed by atoms with E-state index in [1.807, 2.05) is 37.3 Å². The molecule has 8 heteroatoms. The van der Waals surface area contributed by atoms with Crippen LogP contribution < -0.4 is 10.6 Å². The van der Waals surface area contributed by atoms with E-state index in [-0.39, 0.29) is 29.8 Å². The van der Waals surface area contributed by atoms with Gasteiger partial charge in [0.05, 0.1) is 17.6 Å². The Morgan fingerprint density at radius 1 is 1.11 bits per heavy atom. The van der Waals surface area contributed by atoms with Crippen molar-refractivity contribution in [2.75, 3.05) is 19.7 Å². The van der Waals surface area contributed by atoms with E-state index in [0.29, 0.717) is 19.6 Å². The second-order valence-corrected chi connectivity index (χ2v) is 6.12. The van der Waals surface area contributed by atoms with E-state index in [0.717, 1.165) is 5.56 Å². The van der Waals surface area contributed by atoms with Gasteiger partial charge in [-0.1, -0.05) is 36.4 Å². The van der Waals surface area contributed by atoms with Gasteiger partial charge in [-0.25, -0.2) is 0 Å². The summed E-state index contributed by atoms with van der Waals surface area (Å²) in [6.07, 6.45) is 0.619. The molecule has 0 heterocycles. The van der Waals surface area contributed by atoms with Crippen molar-refractivity contribution in [1.82, 2.24) is 10.6 Å². The van der Waals surface area contributed by atoms with Crippen LogP contribution in [0.1, 0.15) is 35.4 Å². The van der Waals surface area contributed by atoms with E-state index < -0.39 is 10.8 Å². The molecule has 0 radical (unpaired) electrons. The molecule has 2 aromatic rings. The highest BCUT2D eigenvalue weighted by Crippen LogP contribution is 2.15. The van der Waals surface area contributed by atoms with E-state index in [9.17, 15) is 19.7 Å². The molecule has 28 heavy (non-hydrogen) atoms. The number of non-ortho nitro benzene ring substituents is 1. The van der Waals surface area contributed by atoms with Gasteiger partial charge in [0, 0.05) is 30.8 Å². The number of hydrogen-bond donors (Lipinski definition) is 2. The van der Waals surface area contributed by atoms with Crippen molar-refractivity contribution < 1.29 is 19.2 Å². The van der Waals surface area contributed by atoms with Gasteiger partial charge in [0.25, 0.3) is 11.6 Å². The normalized spacial score (nSPS) is 11.5. The number of hydrogen-bond acceptors (Lipinski definition) is 5. The Kier molecular flexibility index (Phi) is 8.11. The average molecular weight is 385 g/mol. The Hall–Kier alpha value is -3.26. The third-order valence-corrected chi connectivity index (χ3v) is 4.01. The van der Waals surface area contributed by atoms with Crippen molar-refractivity contribution >= 4 is 17.5 Å². The number of amides is 2. The predicted molar refractivity (Wildman–Crippen MR) is 104 cm³/mol. The fourth-order valence-corrected chi connectivity index (χ4v) is 2.47. The third kappa shape index (κ3) is 6.81. The number of nitro benzene ring substituents is 1. The molecule has 2 amide bonds. The van der Waals surface area contributed by atoms with Gasteiger partial charge in [0.15, 0.2) is 0 Å². The quantitative estimate of drug-likeness (QED) is 0.371. The molecule has 148 valence electrons. The summed E-state index contributed by atoms with van der Waals surface area (Å²) >= 11 is 0. The number of ether oxygens (including phenoxy) is 1. The molecule has 2 rings (SSSR count). The molecule has 0 saturated carbocycles. The number of benzene rings is 2. The van der Waals surface area contributed by atoms with E-state index in [2.05, 4.69) is 10.6 Å². The molecule has 1 atom stereocenters. The minimum absolute atomic E-state index is 0.0221. The Morgan fingerprint density at radius 2 is 1.86 bits per heavy atom. The first-order valence-corrected chi connectivity index (χ1v) is 8.93. The van der Waals surface area contributed by atoms with Crippen LogP contribution in [-0.2, 0) is 9.53 Å². The van der Waals surface area contributed by atoms with Crippen molar-refractivity contribution in [3.05, 3.63) is 75.8 Å². The third-order valence-electron chi connectivity index (χ3n) is 4.01. The van der Waals surface area contributed by atoms with Crippen molar-refractivity contribution in [1.29, 1.82) is 0 Å². The summed E-state index contributed by atoms with van der Waals surface area (Å²) < 4.78 is 5.72. The Labute approximate surface area is 163 Å². The van der Waals surface area contributed by atoms with Gasteiger partial charge in [0.2, 0.25) is 5.91 Å². The topological polar surface area (TPSA) is 111 Å². The number of nitrogens with zero attached hydrogens (tertiary/aromatic N) is 1. The molecule has 0 bridgehead atoms. The van der Waals surface area contributed by atoms with E-state index in [1.54, 1.807) is 0 Å². The van der Waals surface area contributed by atoms with Crippen LogP contribution in [0.5, 0.6) is 0 Å². The molecule has 0 saturated heterocycles. The molecule has 8 nitrogen and oxygen atoms in total. The SMILES string of the molecule is CC(OCCCNC(=O)CNC(=O)c1cccc([N+](=O)[O-])c1)c1ccccc1. The molecule has 0 aromatic heterocycles. The van der Waals surface area contributed by atoms with Crippen LogP contribution in [0.3, 0.4) is 0 Å². The van der Waals surface area contributed by atoms with Gasteiger partial charge in [-0.05, 0) is 25.0 Å². The van der Waals surface area contributed by atoms with Crippen molar-refractivity contribution in [2.45, 2.75) is 19.4 Å². The zero-order chi connectivity index (χ0) is 20.4. The minimum Gasteiger partial charge on any atom is -0.374 e. The lowest BCUT2D eigenvalue weighted by Crippen LogP contribution is -2.37. The molecule has 0 aliphatic rings. The summed E-state index contributed by atoms with van der Waals surface area (Å²) in [6, 6.07) is 15.2. The van der Waals surface area contributed by atoms with E-state index in [4.69, 9.17) is 4.74 Å². The highest BCUT2D eigenvalue weighted by Gasteiger charge is 2.12. The maximum Gasteiger partial charge on any atom is 0.270 e. The summed E-state index contributed by atoms with van der Waals surface area (Å²) in [4.78, 5) is 33.9. The van der Waals surface area contributed by atoms with Crippen LogP contribution >= 0.6 is 0 Å². The first kappa shape index (κ1) is 21.0. The summed E-state index contributed by atoms with van der Waals surface area (Å²) in [5.74, 6) is -0.881. The Bertz CT molecular complexity index is 810. The van der Waals surface area contributed by atoms with E-state index >= 15 is 0 Å². The smallest absolute Gasteiger partial charge is 0.270 e. The lowest BCUT2D eigenvalue weighted by Gasteiger charge is -2.13. The molecular weight excluding hydrogens is 362 g/mol. The van der Waals surface area contributed by atoms with E-state index in [1.165, 1.54) is 24.3 Å². The zero-order valence-corrected chi connectivity index (χ0v) is 15.6.